The van der Waals surface area contributed by atoms with Crippen molar-refractivity contribution in [3.05, 3.63) is 46.9 Å². The minimum absolute atomic E-state index is 0.226. The normalized spacial score (nSPS) is 10.3. The van der Waals surface area contributed by atoms with Crippen molar-refractivity contribution in [2.24, 2.45) is 0 Å². The van der Waals surface area contributed by atoms with E-state index in [1.165, 1.54) is 12.1 Å². The minimum atomic E-state index is -0.226. The van der Waals surface area contributed by atoms with E-state index >= 15 is 0 Å². The Morgan fingerprint density at radius 3 is 2.65 bits per heavy atom. The molecule has 0 aliphatic carbocycles. The molecule has 0 aliphatic rings. The minimum Gasteiger partial charge on any atom is -0.368 e. The molecule has 6 heteroatoms. The number of benzene rings is 1. The fourth-order valence-corrected chi connectivity index (χ4v) is 1.87. The van der Waals surface area contributed by atoms with Crippen molar-refractivity contribution in [3.63, 3.8) is 0 Å². The summed E-state index contributed by atoms with van der Waals surface area (Å²) in [5, 5.41) is 6.66. The van der Waals surface area contributed by atoms with E-state index in [1.54, 1.807) is 18.3 Å². The fraction of sp³-hybridized carbons (Fsp3) is 0.286. The summed E-state index contributed by atoms with van der Waals surface area (Å²) in [6.45, 7) is 3.38. The second kappa shape index (κ2) is 7.05. The maximum absolute atomic E-state index is 12.8. The van der Waals surface area contributed by atoms with Crippen molar-refractivity contribution in [3.8, 4) is 0 Å². The zero-order valence-electron chi connectivity index (χ0n) is 11.2. The lowest BCUT2D eigenvalue weighted by Crippen LogP contribution is -2.09. The van der Waals surface area contributed by atoms with Gasteiger partial charge in [0.1, 0.15) is 16.7 Å². The third-order valence-electron chi connectivity index (χ3n) is 2.70. The van der Waals surface area contributed by atoms with Crippen LogP contribution in [-0.4, -0.2) is 23.1 Å². The summed E-state index contributed by atoms with van der Waals surface area (Å²) < 4.78 is 12.8. The molecular weight excluding hydrogens is 279 g/mol. The van der Waals surface area contributed by atoms with E-state index < -0.39 is 0 Å². The lowest BCUT2D eigenvalue weighted by molar-refractivity contribution is 0.627. The summed E-state index contributed by atoms with van der Waals surface area (Å²) in [5.41, 5.74) is 1.05. The van der Waals surface area contributed by atoms with Crippen LogP contribution >= 0.6 is 11.6 Å². The molecule has 20 heavy (non-hydrogen) atoms. The molecule has 0 radical (unpaired) electrons. The first kappa shape index (κ1) is 14.5. The summed E-state index contributed by atoms with van der Waals surface area (Å²) in [7, 11) is 0. The Bertz CT molecular complexity index is 560. The molecule has 0 saturated heterocycles. The highest BCUT2D eigenvalue weighted by atomic mass is 35.5. The van der Waals surface area contributed by atoms with Crippen LogP contribution in [0.2, 0.25) is 5.02 Å². The Labute approximate surface area is 122 Å². The second-order valence-corrected chi connectivity index (χ2v) is 4.63. The van der Waals surface area contributed by atoms with Crippen molar-refractivity contribution < 1.29 is 4.39 Å². The van der Waals surface area contributed by atoms with E-state index in [-0.39, 0.29) is 5.82 Å². The van der Waals surface area contributed by atoms with Gasteiger partial charge in [0.25, 0.3) is 0 Å². The molecule has 2 rings (SSSR count). The predicted molar refractivity (Wildman–Crippen MR) is 79.8 cm³/mol. The number of anilines is 2. The average molecular weight is 295 g/mol. The van der Waals surface area contributed by atoms with Gasteiger partial charge in [0, 0.05) is 13.1 Å². The predicted octanol–water partition coefficient (Wildman–Crippen LogP) is 3.36. The number of rotatable bonds is 6. The number of aromatic nitrogens is 2. The zero-order chi connectivity index (χ0) is 14.4. The molecule has 4 nitrogen and oxygen atoms in total. The van der Waals surface area contributed by atoms with Gasteiger partial charge in [-0.1, -0.05) is 23.7 Å². The van der Waals surface area contributed by atoms with Crippen LogP contribution in [0, 0.1) is 5.82 Å². The van der Waals surface area contributed by atoms with E-state index in [1.807, 2.05) is 6.92 Å². The largest absolute Gasteiger partial charge is 0.368 e. The fourth-order valence-electron chi connectivity index (χ4n) is 1.71. The first-order chi connectivity index (χ1) is 9.69. The monoisotopic (exact) mass is 294 g/mol. The van der Waals surface area contributed by atoms with Gasteiger partial charge in [0.2, 0.25) is 5.95 Å². The molecule has 2 aromatic rings. The summed E-state index contributed by atoms with van der Waals surface area (Å²) in [6.07, 6.45) is 2.32. The van der Waals surface area contributed by atoms with Crippen LogP contribution in [0.3, 0.4) is 0 Å². The molecule has 0 amide bonds. The lowest BCUT2D eigenvalue weighted by atomic mass is 10.1. The molecule has 1 heterocycles. The van der Waals surface area contributed by atoms with Crippen LogP contribution in [0.4, 0.5) is 16.2 Å². The van der Waals surface area contributed by atoms with Gasteiger partial charge >= 0.3 is 0 Å². The highest BCUT2D eigenvalue weighted by Gasteiger charge is 2.04. The van der Waals surface area contributed by atoms with Crippen molar-refractivity contribution in [1.82, 2.24) is 9.97 Å². The highest BCUT2D eigenvalue weighted by Crippen LogP contribution is 2.19. The Hall–Kier alpha value is -1.88. The Balaban J connectivity index is 1.93. The SMILES string of the molecule is CCNc1ncc(Cl)c(NCCc2ccc(F)cc2)n1. The summed E-state index contributed by atoms with van der Waals surface area (Å²) >= 11 is 6.03. The van der Waals surface area contributed by atoms with Crippen LogP contribution in [0.1, 0.15) is 12.5 Å². The van der Waals surface area contributed by atoms with E-state index in [0.29, 0.717) is 23.3 Å². The summed E-state index contributed by atoms with van der Waals surface area (Å²) in [5.74, 6) is 0.914. The highest BCUT2D eigenvalue weighted by molar-refractivity contribution is 6.32. The molecule has 0 atom stereocenters. The number of hydrogen-bond acceptors (Lipinski definition) is 4. The average Bonchev–Trinajstić information content (AvgIpc) is 2.45. The van der Waals surface area contributed by atoms with Gasteiger partial charge in [-0.2, -0.15) is 4.98 Å². The van der Waals surface area contributed by atoms with Crippen molar-refractivity contribution in [1.29, 1.82) is 0 Å². The lowest BCUT2D eigenvalue weighted by Gasteiger charge is -2.09. The standard InChI is InChI=1S/C14H16ClFN4/c1-2-17-14-19-9-12(15)13(20-14)18-8-7-10-3-5-11(16)6-4-10/h3-6,9H,2,7-8H2,1H3,(H2,17,18,19,20). The summed E-state index contributed by atoms with van der Waals surface area (Å²) in [6, 6.07) is 6.44. The van der Waals surface area contributed by atoms with Crippen LogP contribution < -0.4 is 10.6 Å². The molecule has 1 aromatic carbocycles. The first-order valence-electron chi connectivity index (χ1n) is 6.43. The van der Waals surface area contributed by atoms with E-state index in [4.69, 9.17) is 11.6 Å². The smallest absolute Gasteiger partial charge is 0.224 e. The van der Waals surface area contributed by atoms with E-state index in [0.717, 1.165) is 18.5 Å². The molecule has 0 aliphatic heterocycles. The number of nitrogens with one attached hydrogen (secondary N) is 2. The molecule has 0 spiro atoms. The topological polar surface area (TPSA) is 49.8 Å². The third-order valence-corrected chi connectivity index (χ3v) is 2.97. The molecule has 0 unspecified atom stereocenters. The van der Waals surface area contributed by atoms with E-state index in [9.17, 15) is 4.39 Å². The molecule has 106 valence electrons. The Kier molecular flexibility index (Phi) is 5.12. The van der Waals surface area contributed by atoms with Gasteiger partial charge in [0.15, 0.2) is 0 Å². The van der Waals surface area contributed by atoms with Gasteiger partial charge in [-0.25, -0.2) is 9.37 Å². The first-order valence-corrected chi connectivity index (χ1v) is 6.81. The molecule has 0 fully saturated rings. The van der Waals surface area contributed by atoms with Crippen LogP contribution in [-0.2, 0) is 6.42 Å². The summed E-state index contributed by atoms with van der Waals surface area (Å²) in [4.78, 5) is 8.35. The maximum atomic E-state index is 12.8. The zero-order valence-corrected chi connectivity index (χ0v) is 11.9. The van der Waals surface area contributed by atoms with Gasteiger partial charge in [-0.3, -0.25) is 0 Å². The molecule has 0 bridgehead atoms. The molecule has 0 saturated carbocycles. The molecular formula is C14H16ClFN4. The maximum Gasteiger partial charge on any atom is 0.224 e. The van der Waals surface area contributed by atoms with Crippen molar-refractivity contribution >= 4 is 23.4 Å². The van der Waals surface area contributed by atoms with Gasteiger partial charge in [0.05, 0.1) is 6.20 Å². The van der Waals surface area contributed by atoms with Gasteiger partial charge < -0.3 is 10.6 Å². The van der Waals surface area contributed by atoms with Gasteiger partial charge in [-0.05, 0) is 31.0 Å². The molecule has 2 N–H and O–H groups in total. The number of nitrogens with zero attached hydrogens (tertiary/aromatic N) is 2. The molecule has 1 aromatic heterocycles. The van der Waals surface area contributed by atoms with Crippen molar-refractivity contribution in [2.45, 2.75) is 13.3 Å². The quantitative estimate of drug-likeness (QED) is 0.858. The Morgan fingerprint density at radius 2 is 1.95 bits per heavy atom. The third kappa shape index (κ3) is 4.06. The second-order valence-electron chi connectivity index (χ2n) is 4.22. The number of halogens is 2. The number of hydrogen-bond donors (Lipinski definition) is 2. The van der Waals surface area contributed by atoms with Crippen LogP contribution in [0.15, 0.2) is 30.5 Å². The van der Waals surface area contributed by atoms with E-state index in [2.05, 4.69) is 20.6 Å². The van der Waals surface area contributed by atoms with Crippen molar-refractivity contribution in [2.75, 3.05) is 23.7 Å². The Morgan fingerprint density at radius 1 is 1.20 bits per heavy atom. The van der Waals surface area contributed by atoms with Gasteiger partial charge in [-0.15, -0.1) is 0 Å². The van der Waals surface area contributed by atoms with Crippen LogP contribution in [0.25, 0.3) is 0 Å². The van der Waals surface area contributed by atoms with Crippen LogP contribution in [0.5, 0.6) is 0 Å².